The summed E-state index contributed by atoms with van der Waals surface area (Å²) < 4.78 is 120. The van der Waals surface area contributed by atoms with Gasteiger partial charge < -0.3 is 9.84 Å². The molecule has 8 aromatic rings. The quantitative estimate of drug-likeness (QED) is 0.0966. The highest BCUT2D eigenvalue weighted by molar-refractivity contribution is 7.71. The van der Waals surface area contributed by atoms with E-state index in [2.05, 4.69) is 14.7 Å². The van der Waals surface area contributed by atoms with Gasteiger partial charge in [-0.25, -0.2) is 28.3 Å². The van der Waals surface area contributed by atoms with Crippen molar-refractivity contribution in [2.45, 2.75) is 26.2 Å². The Hall–Kier alpha value is -8.08. The van der Waals surface area contributed by atoms with E-state index in [1.807, 2.05) is 0 Å². The van der Waals surface area contributed by atoms with Crippen LogP contribution in [-0.4, -0.2) is 52.4 Å². The molecule has 22 heteroatoms. The number of hydrogen-bond acceptors (Lipinski definition) is 9. The van der Waals surface area contributed by atoms with Gasteiger partial charge in [0.15, 0.2) is 20.8 Å². The molecule has 338 valence electrons. The van der Waals surface area contributed by atoms with Crippen LogP contribution in [0.4, 0.5) is 35.1 Å². The number of aryl methyl sites for hydroxylation is 2. The Labute approximate surface area is 382 Å². The number of hydrogen-bond donors (Lipinski definition) is 1. The van der Waals surface area contributed by atoms with Crippen LogP contribution in [0.15, 0.2) is 97.3 Å². The third kappa shape index (κ3) is 8.51. The molecule has 0 aliphatic heterocycles. The fourth-order valence-corrected chi connectivity index (χ4v) is 7.99. The first kappa shape index (κ1) is 46.9. The average Bonchev–Trinajstić information content (AvgIpc) is 3.76. The van der Waals surface area contributed by atoms with Crippen molar-refractivity contribution in [1.29, 1.82) is 10.5 Å². The maximum absolute atomic E-state index is 14.7. The van der Waals surface area contributed by atoms with E-state index in [0.717, 1.165) is 49.6 Å². The molecule has 0 spiro atoms. The van der Waals surface area contributed by atoms with Crippen LogP contribution in [0.1, 0.15) is 54.1 Å². The second-order valence-electron chi connectivity index (χ2n) is 14.3. The van der Waals surface area contributed by atoms with Gasteiger partial charge in [0, 0.05) is 12.4 Å². The number of pyridine rings is 2. The van der Waals surface area contributed by atoms with Gasteiger partial charge in [0.2, 0.25) is 0 Å². The number of carbonyl (C=O) groups excluding carboxylic acids is 1. The predicted octanol–water partition coefficient (Wildman–Crippen LogP) is 11.3. The number of nitrogens with zero attached hydrogens (tertiary/aromatic N) is 8. The molecule has 0 aliphatic rings. The predicted molar refractivity (Wildman–Crippen MR) is 230 cm³/mol. The molecule has 0 atom stereocenters. The molecule has 1 N–H and O–H groups in total. The van der Waals surface area contributed by atoms with Crippen LogP contribution in [-0.2, 0) is 17.1 Å². The molecule has 8 rings (SSSR count). The van der Waals surface area contributed by atoms with Crippen LogP contribution in [0.2, 0.25) is 0 Å². The third-order valence-electron chi connectivity index (χ3n) is 10.3. The lowest BCUT2D eigenvalue weighted by Gasteiger charge is -2.12. The van der Waals surface area contributed by atoms with E-state index >= 15 is 0 Å². The van der Waals surface area contributed by atoms with E-state index in [0.29, 0.717) is 22.2 Å². The highest BCUT2D eigenvalue weighted by Gasteiger charge is 2.36. The molecule has 4 aromatic carbocycles. The monoisotopic (exact) mass is 958 g/mol. The Morgan fingerprint density at radius 1 is 0.612 bits per heavy atom. The van der Waals surface area contributed by atoms with Gasteiger partial charge >= 0.3 is 24.3 Å². The van der Waals surface area contributed by atoms with Gasteiger partial charge in [0.1, 0.15) is 11.6 Å². The van der Waals surface area contributed by atoms with Gasteiger partial charge in [0.05, 0.1) is 86.4 Å². The fourth-order valence-electron chi connectivity index (χ4n) is 7.21. The molecule has 0 saturated heterocycles. The van der Waals surface area contributed by atoms with E-state index in [1.54, 1.807) is 32.0 Å². The summed E-state index contributed by atoms with van der Waals surface area (Å²) >= 11 is 11.1. The van der Waals surface area contributed by atoms with Crippen LogP contribution < -0.4 is 0 Å². The Balaban J connectivity index is 0.000000199. The molecule has 0 radical (unpaired) electrons. The zero-order chi connectivity index (χ0) is 48.9. The first-order chi connectivity index (χ1) is 31.6. The number of ether oxygens (including phenoxy) is 1. The summed E-state index contributed by atoms with van der Waals surface area (Å²) in [5, 5.41) is 27.3. The lowest BCUT2D eigenvalue weighted by atomic mass is 10.1. The van der Waals surface area contributed by atoms with Crippen molar-refractivity contribution in [2.75, 3.05) is 7.11 Å². The number of methoxy groups -OCH3 is 1. The zero-order valence-electron chi connectivity index (χ0n) is 34.3. The number of nitriles is 2. The van der Waals surface area contributed by atoms with Crippen LogP contribution in [0.25, 0.3) is 45.1 Å². The molecule has 4 aromatic heterocycles. The number of benzene rings is 4. The van der Waals surface area contributed by atoms with Crippen LogP contribution in [0.5, 0.6) is 0 Å². The SMILES string of the molecule is COC(=O)c1ccc(-n2c(=S)n(-c3ccc(C#N)c(C(F)(F)F)c3)c3nccc(C)c32)cc1F.Cc1ccnc2c1n(-c1ccc(C(=O)O)c(F)c1)c(=S)n2-c1ccc(C#N)c(C(F)(F)F)c1. The number of carboxylic acids is 1. The minimum atomic E-state index is -4.78. The number of aromatic carboxylic acids is 1. The summed E-state index contributed by atoms with van der Waals surface area (Å²) in [7, 11) is 1.13. The van der Waals surface area contributed by atoms with Crippen molar-refractivity contribution in [1.82, 2.24) is 28.2 Å². The summed E-state index contributed by atoms with van der Waals surface area (Å²) in [5.74, 6) is -4.15. The number of fused-ring (bicyclic) bond motifs is 2. The van der Waals surface area contributed by atoms with E-state index in [9.17, 15) is 44.7 Å². The van der Waals surface area contributed by atoms with Crippen molar-refractivity contribution in [2.24, 2.45) is 0 Å². The van der Waals surface area contributed by atoms with Gasteiger partial charge in [-0.15, -0.1) is 0 Å². The van der Waals surface area contributed by atoms with Gasteiger partial charge in [-0.05, 0) is 134 Å². The second kappa shape index (κ2) is 17.7. The molecule has 0 saturated carbocycles. The minimum Gasteiger partial charge on any atom is -0.478 e. The number of imidazole rings is 2. The summed E-state index contributed by atoms with van der Waals surface area (Å²) in [6, 6.07) is 19.9. The molecule has 0 aliphatic carbocycles. The standard InChI is InChI=1S/C23H14F4N4O2S.C22H12F4N4O2S/c1-12-7-8-29-20-19(12)30(15-5-6-16(18(24)10-15)21(32)33-2)22(34)31(20)14-4-3-13(11-28)17(9-14)23(25,26)27;1-11-6-7-28-19-18(11)29(14-4-5-15(20(31)32)17(23)9-14)21(33)30(19)13-3-2-12(10-27)16(8-13)22(24,25)26/h3-10H,1-2H3;2-9H,1H3,(H,31,32). The van der Waals surface area contributed by atoms with Crippen LogP contribution >= 0.6 is 24.4 Å². The van der Waals surface area contributed by atoms with Crippen molar-refractivity contribution >= 4 is 58.7 Å². The summed E-state index contributed by atoms with van der Waals surface area (Å²) in [4.78, 5) is 31.5. The van der Waals surface area contributed by atoms with E-state index in [1.165, 1.54) is 67.1 Å². The van der Waals surface area contributed by atoms with Crippen molar-refractivity contribution < 1.29 is 54.6 Å². The van der Waals surface area contributed by atoms with Crippen molar-refractivity contribution in [3.63, 3.8) is 0 Å². The maximum atomic E-state index is 14.7. The summed E-state index contributed by atoms with van der Waals surface area (Å²) in [5.41, 5.74) is -1.07. The van der Waals surface area contributed by atoms with E-state index in [4.69, 9.17) is 40.1 Å². The molecule has 0 amide bonds. The van der Waals surface area contributed by atoms with Crippen molar-refractivity contribution in [3.8, 4) is 34.9 Å². The highest BCUT2D eigenvalue weighted by Crippen LogP contribution is 2.37. The van der Waals surface area contributed by atoms with Crippen molar-refractivity contribution in [3.05, 3.63) is 163 Å². The zero-order valence-corrected chi connectivity index (χ0v) is 36.0. The highest BCUT2D eigenvalue weighted by atomic mass is 32.1. The van der Waals surface area contributed by atoms with Crippen LogP contribution in [0, 0.1) is 57.7 Å². The number of carboxylic acid groups (broad SMARTS) is 1. The molecule has 0 fully saturated rings. The van der Waals surface area contributed by atoms with Crippen LogP contribution in [0.3, 0.4) is 0 Å². The topological polar surface area (TPSA) is 157 Å². The number of esters is 1. The van der Waals surface area contributed by atoms with E-state index in [-0.39, 0.29) is 49.1 Å². The molecule has 0 bridgehead atoms. The number of aromatic nitrogens is 6. The van der Waals surface area contributed by atoms with Gasteiger partial charge in [-0.1, -0.05) is 0 Å². The molecular weight excluding hydrogens is 933 g/mol. The number of carbonyl (C=O) groups is 2. The maximum Gasteiger partial charge on any atom is 0.417 e. The Kier molecular flexibility index (Phi) is 12.4. The number of halogens is 8. The fraction of sp³-hybridized carbons (Fsp3) is 0.111. The molecule has 0 unspecified atom stereocenters. The number of rotatable bonds is 6. The van der Waals surface area contributed by atoms with E-state index < -0.39 is 63.7 Å². The molecule has 67 heavy (non-hydrogen) atoms. The Bertz CT molecular complexity index is 3580. The molecular formula is C45H26F8N8O4S2. The summed E-state index contributed by atoms with van der Waals surface area (Å²) in [6.07, 6.45) is -6.61. The lowest BCUT2D eigenvalue weighted by molar-refractivity contribution is -0.138. The Morgan fingerprint density at radius 2 is 0.985 bits per heavy atom. The van der Waals surface area contributed by atoms with Gasteiger partial charge in [0.25, 0.3) is 0 Å². The molecule has 12 nitrogen and oxygen atoms in total. The number of alkyl halides is 6. The molecule has 4 heterocycles. The normalized spacial score (nSPS) is 11.5. The summed E-state index contributed by atoms with van der Waals surface area (Å²) in [6.45, 7) is 3.47. The average molecular weight is 959 g/mol. The minimum absolute atomic E-state index is 0.0100. The largest absolute Gasteiger partial charge is 0.478 e. The van der Waals surface area contributed by atoms with Gasteiger partial charge in [-0.2, -0.15) is 36.9 Å². The Morgan fingerprint density at radius 3 is 1.33 bits per heavy atom. The second-order valence-corrected chi connectivity index (χ2v) is 15.0. The lowest BCUT2D eigenvalue weighted by Crippen LogP contribution is -2.09. The van der Waals surface area contributed by atoms with Gasteiger partial charge in [-0.3, -0.25) is 18.3 Å². The smallest absolute Gasteiger partial charge is 0.417 e. The first-order valence-electron chi connectivity index (χ1n) is 19.0. The first-order valence-corrected chi connectivity index (χ1v) is 19.8. The third-order valence-corrected chi connectivity index (χ3v) is 11.0.